The molecule has 0 radical (unpaired) electrons. The lowest BCUT2D eigenvalue weighted by atomic mass is 10.1. The minimum atomic E-state index is -0.497. The number of carbonyl (C=O) groups excluding carboxylic acids is 2. The number of alkyl carbamates (subject to hydrolysis) is 1. The van der Waals surface area contributed by atoms with Gasteiger partial charge in [0.25, 0.3) is 0 Å². The van der Waals surface area contributed by atoms with Crippen molar-refractivity contribution in [2.45, 2.75) is 26.4 Å². The number of ether oxygens (including phenoxy) is 1. The highest BCUT2D eigenvalue weighted by Crippen LogP contribution is 2.35. The second kappa shape index (κ2) is 9.67. The summed E-state index contributed by atoms with van der Waals surface area (Å²) in [5.74, 6) is 0.948. The molecule has 1 amide bonds. The average Bonchev–Trinajstić information content (AvgIpc) is 3.13. The Bertz CT molecular complexity index is 1110. The van der Waals surface area contributed by atoms with Crippen LogP contribution in [0.2, 0.25) is 0 Å². The molecule has 0 spiro atoms. The number of para-hydroxylation sites is 2. The van der Waals surface area contributed by atoms with Crippen LogP contribution in [0.5, 0.6) is 0 Å². The number of rotatable bonds is 6. The smallest absolute Gasteiger partial charge is 0.407 e. The molecule has 174 valence electrons. The Balaban J connectivity index is 1.49. The SMILES string of the molecule is CC(C)(C)OC(=O)NCCN1CCN(c2c(C=O)c3ccccc3n2-c2ccccc2)CC1. The highest BCUT2D eigenvalue weighted by atomic mass is 16.6. The van der Waals surface area contributed by atoms with Crippen LogP contribution in [0.25, 0.3) is 16.6 Å². The molecule has 1 N–H and O–H groups in total. The molecule has 3 aromatic rings. The molecule has 2 aromatic carbocycles. The number of hydrogen-bond acceptors (Lipinski definition) is 5. The van der Waals surface area contributed by atoms with Gasteiger partial charge in [-0.1, -0.05) is 36.4 Å². The molecule has 1 aromatic heterocycles. The van der Waals surface area contributed by atoms with E-state index in [1.165, 1.54) is 0 Å². The lowest BCUT2D eigenvalue weighted by molar-refractivity contribution is 0.0521. The number of amides is 1. The van der Waals surface area contributed by atoms with Gasteiger partial charge in [-0.3, -0.25) is 14.3 Å². The second-order valence-electron chi connectivity index (χ2n) is 9.30. The molecule has 7 nitrogen and oxygen atoms in total. The van der Waals surface area contributed by atoms with Crippen LogP contribution in [-0.2, 0) is 4.74 Å². The Morgan fingerprint density at radius 3 is 2.33 bits per heavy atom. The first-order valence-electron chi connectivity index (χ1n) is 11.5. The first-order chi connectivity index (χ1) is 15.9. The molecule has 1 saturated heterocycles. The van der Waals surface area contributed by atoms with E-state index in [1.54, 1.807) is 0 Å². The molecule has 2 heterocycles. The minimum absolute atomic E-state index is 0.385. The van der Waals surface area contributed by atoms with Crippen LogP contribution in [0.3, 0.4) is 0 Å². The normalized spacial score (nSPS) is 14.9. The number of aldehydes is 1. The number of fused-ring (bicyclic) bond motifs is 1. The van der Waals surface area contributed by atoms with Gasteiger partial charge in [-0.25, -0.2) is 4.79 Å². The van der Waals surface area contributed by atoms with Crippen molar-refractivity contribution in [3.63, 3.8) is 0 Å². The summed E-state index contributed by atoms with van der Waals surface area (Å²) in [4.78, 5) is 28.7. The van der Waals surface area contributed by atoms with Crippen LogP contribution < -0.4 is 10.2 Å². The van der Waals surface area contributed by atoms with Gasteiger partial charge in [0.15, 0.2) is 6.29 Å². The molecular formula is C26H32N4O3. The van der Waals surface area contributed by atoms with Crippen molar-refractivity contribution in [1.29, 1.82) is 0 Å². The van der Waals surface area contributed by atoms with E-state index in [2.05, 4.69) is 37.9 Å². The van der Waals surface area contributed by atoms with Crippen molar-refractivity contribution in [1.82, 2.24) is 14.8 Å². The standard InChI is InChI=1S/C26H32N4O3/c1-26(2,3)33-25(32)27-13-14-28-15-17-29(18-16-28)24-22(19-31)21-11-7-8-12-23(21)30(24)20-9-5-4-6-10-20/h4-12,19H,13-18H2,1-3H3,(H,27,32). The zero-order chi connectivity index (χ0) is 23.4. The lowest BCUT2D eigenvalue weighted by Gasteiger charge is -2.36. The van der Waals surface area contributed by atoms with Gasteiger partial charge in [-0.15, -0.1) is 0 Å². The zero-order valence-electron chi connectivity index (χ0n) is 19.6. The first-order valence-corrected chi connectivity index (χ1v) is 11.5. The molecule has 1 aliphatic rings. The maximum Gasteiger partial charge on any atom is 0.407 e. The molecular weight excluding hydrogens is 416 g/mol. The molecule has 1 fully saturated rings. The van der Waals surface area contributed by atoms with E-state index in [9.17, 15) is 9.59 Å². The molecule has 4 rings (SSSR count). The van der Waals surface area contributed by atoms with Crippen molar-refractivity contribution in [2.24, 2.45) is 0 Å². The first kappa shape index (κ1) is 22.9. The Morgan fingerprint density at radius 1 is 1.00 bits per heavy atom. The van der Waals surface area contributed by atoms with E-state index in [0.717, 1.165) is 67.0 Å². The van der Waals surface area contributed by atoms with E-state index in [0.29, 0.717) is 6.54 Å². The fourth-order valence-corrected chi connectivity index (χ4v) is 4.33. The predicted molar refractivity (Wildman–Crippen MR) is 132 cm³/mol. The molecule has 0 saturated carbocycles. The van der Waals surface area contributed by atoms with Crippen LogP contribution in [0.4, 0.5) is 10.6 Å². The number of carbonyl (C=O) groups is 2. The Labute approximate surface area is 194 Å². The van der Waals surface area contributed by atoms with Crippen molar-refractivity contribution in [3.8, 4) is 5.69 Å². The molecule has 0 unspecified atom stereocenters. The van der Waals surface area contributed by atoms with Crippen molar-refractivity contribution < 1.29 is 14.3 Å². The predicted octanol–water partition coefficient (Wildman–Crippen LogP) is 4.09. The number of nitrogens with one attached hydrogen (secondary N) is 1. The average molecular weight is 449 g/mol. The number of aromatic nitrogens is 1. The van der Waals surface area contributed by atoms with Crippen molar-refractivity contribution in [3.05, 3.63) is 60.2 Å². The molecule has 1 aliphatic heterocycles. The fraction of sp³-hybridized carbons (Fsp3) is 0.385. The summed E-state index contributed by atoms with van der Waals surface area (Å²) in [7, 11) is 0. The third kappa shape index (κ3) is 5.20. The number of anilines is 1. The van der Waals surface area contributed by atoms with E-state index in [-0.39, 0.29) is 6.09 Å². The van der Waals surface area contributed by atoms with Crippen LogP contribution in [0.1, 0.15) is 31.1 Å². The van der Waals surface area contributed by atoms with Crippen molar-refractivity contribution >= 4 is 29.1 Å². The third-order valence-electron chi connectivity index (χ3n) is 5.79. The van der Waals surface area contributed by atoms with Gasteiger partial charge in [0.05, 0.1) is 11.1 Å². The summed E-state index contributed by atoms with van der Waals surface area (Å²) < 4.78 is 7.49. The summed E-state index contributed by atoms with van der Waals surface area (Å²) in [5.41, 5.74) is 2.31. The monoisotopic (exact) mass is 448 g/mol. The molecule has 7 heteroatoms. The zero-order valence-corrected chi connectivity index (χ0v) is 19.6. The van der Waals surface area contributed by atoms with Crippen LogP contribution in [0, 0.1) is 0 Å². The van der Waals surface area contributed by atoms with Gasteiger partial charge in [-0.2, -0.15) is 0 Å². The van der Waals surface area contributed by atoms with E-state index in [1.807, 2.05) is 57.2 Å². The number of hydrogen-bond donors (Lipinski definition) is 1. The molecule has 0 bridgehead atoms. The summed E-state index contributed by atoms with van der Waals surface area (Å²) in [5, 5.41) is 3.80. The van der Waals surface area contributed by atoms with Gasteiger partial charge in [0.2, 0.25) is 0 Å². The summed E-state index contributed by atoms with van der Waals surface area (Å²) in [6.07, 6.45) is 0.595. The Kier molecular flexibility index (Phi) is 6.70. The number of nitrogens with zero attached hydrogens (tertiary/aromatic N) is 3. The number of piperazine rings is 1. The second-order valence-corrected chi connectivity index (χ2v) is 9.30. The lowest BCUT2D eigenvalue weighted by Crippen LogP contribution is -2.49. The van der Waals surface area contributed by atoms with Gasteiger partial charge in [0.1, 0.15) is 11.4 Å². The third-order valence-corrected chi connectivity index (χ3v) is 5.79. The van der Waals surface area contributed by atoms with Crippen molar-refractivity contribution in [2.75, 3.05) is 44.2 Å². The Hall–Kier alpha value is -3.32. The molecule has 33 heavy (non-hydrogen) atoms. The van der Waals surface area contributed by atoms with E-state index in [4.69, 9.17) is 4.74 Å². The minimum Gasteiger partial charge on any atom is -0.444 e. The van der Waals surface area contributed by atoms with E-state index < -0.39 is 5.60 Å². The van der Waals surface area contributed by atoms with Crippen LogP contribution in [-0.4, -0.2) is 66.7 Å². The van der Waals surface area contributed by atoms with Gasteiger partial charge < -0.3 is 15.0 Å². The van der Waals surface area contributed by atoms with Gasteiger partial charge in [0, 0.05) is 50.3 Å². The highest BCUT2D eigenvalue weighted by molar-refractivity contribution is 6.05. The highest BCUT2D eigenvalue weighted by Gasteiger charge is 2.26. The van der Waals surface area contributed by atoms with Gasteiger partial charge >= 0.3 is 6.09 Å². The maximum absolute atomic E-state index is 12.2. The largest absolute Gasteiger partial charge is 0.444 e. The molecule has 0 aliphatic carbocycles. The van der Waals surface area contributed by atoms with Crippen LogP contribution in [0.15, 0.2) is 54.6 Å². The van der Waals surface area contributed by atoms with Crippen LogP contribution >= 0.6 is 0 Å². The fourth-order valence-electron chi connectivity index (χ4n) is 4.33. The summed E-state index contributed by atoms with van der Waals surface area (Å²) in [6.45, 7) is 10.2. The van der Waals surface area contributed by atoms with Gasteiger partial charge in [-0.05, 0) is 39.0 Å². The van der Waals surface area contributed by atoms with E-state index >= 15 is 0 Å². The quantitative estimate of drug-likeness (QED) is 0.576. The topological polar surface area (TPSA) is 66.8 Å². The number of benzene rings is 2. The summed E-state index contributed by atoms with van der Waals surface area (Å²) in [6, 6.07) is 18.2. The Morgan fingerprint density at radius 2 is 1.67 bits per heavy atom. The maximum atomic E-state index is 12.2. The molecule has 0 atom stereocenters. The summed E-state index contributed by atoms with van der Waals surface area (Å²) >= 11 is 0.